The monoisotopic (exact) mass is 362 g/mol. The molecule has 0 unspecified atom stereocenters. The summed E-state index contributed by atoms with van der Waals surface area (Å²) < 4.78 is 7.60. The number of hydrogen-bond donors (Lipinski definition) is 0. The zero-order valence-corrected chi connectivity index (χ0v) is 15.7. The summed E-state index contributed by atoms with van der Waals surface area (Å²) in [6, 6.07) is 7.79. The fraction of sp³-hybridized carbons (Fsp3) is 0.474. The normalized spacial score (nSPS) is 22.3. The first-order valence-corrected chi connectivity index (χ1v) is 8.91. The summed E-state index contributed by atoms with van der Waals surface area (Å²) >= 11 is 5.93. The summed E-state index contributed by atoms with van der Waals surface area (Å²) in [7, 11) is 0. The number of aryl methyl sites for hydroxylation is 1. The minimum Gasteiger partial charge on any atom is -0.353 e. The van der Waals surface area contributed by atoms with Gasteiger partial charge in [-0.2, -0.15) is 0 Å². The van der Waals surface area contributed by atoms with Crippen LogP contribution in [-0.2, 0) is 11.2 Å². The van der Waals surface area contributed by atoms with Crippen LogP contribution in [0, 0.1) is 0 Å². The van der Waals surface area contributed by atoms with Gasteiger partial charge in [0.1, 0.15) is 12.1 Å². The highest BCUT2D eigenvalue weighted by Crippen LogP contribution is 2.38. The summed E-state index contributed by atoms with van der Waals surface area (Å²) in [5, 5.41) is 0.744. The van der Waals surface area contributed by atoms with E-state index in [0.717, 1.165) is 24.3 Å². The molecule has 0 spiro atoms. The molecule has 0 N–H and O–H groups in total. The van der Waals surface area contributed by atoms with Gasteiger partial charge in [-0.05, 0) is 57.7 Å². The molecule has 5 nitrogen and oxygen atoms in total. The predicted octanol–water partition coefficient (Wildman–Crippen LogP) is 4.47. The third-order valence-electron chi connectivity index (χ3n) is 4.75. The van der Waals surface area contributed by atoms with E-state index in [1.165, 1.54) is 16.5 Å². The van der Waals surface area contributed by atoms with Crippen LogP contribution in [0.1, 0.15) is 40.6 Å². The Labute approximate surface area is 155 Å². The van der Waals surface area contributed by atoms with Crippen LogP contribution in [0.5, 0.6) is 0 Å². The second-order valence-corrected chi connectivity index (χ2v) is 7.78. The fourth-order valence-electron chi connectivity index (χ4n) is 3.51. The lowest BCUT2D eigenvalue weighted by Gasteiger charge is -2.39. The van der Waals surface area contributed by atoms with Crippen molar-refractivity contribution in [3.63, 3.8) is 0 Å². The molecule has 6 heteroatoms. The molecule has 0 saturated carbocycles. The average molecular weight is 363 g/mol. The predicted molar refractivity (Wildman–Crippen MR) is 98.8 cm³/mol. The van der Waals surface area contributed by atoms with Gasteiger partial charge in [0.25, 0.3) is 0 Å². The van der Waals surface area contributed by atoms with Crippen LogP contribution in [0.4, 0.5) is 4.79 Å². The summed E-state index contributed by atoms with van der Waals surface area (Å²) in [6.07, 6.45) is 7.42. The molecule has 3 rings (SSSR count). The van der Waals surface area contributed by atoms with Crippen molar-refractivity contribution in [1.29, 1.82) is 0 Å². The molecular weight excluding hydrogens is 338 g/mol. The molecule has 1 aromatic heterocycles. The van der Waals surface area contributed by atoms with Gasteiger partial charge in [0.2, 0.25) is 0 Å². The van der Waals surface area contributed by atoms with Gasteiger partial charge >= 0.3 is 7.46 Å². The summed E-state index contributed by atoms with van der Waals surface area (Å²) in [6.45, 7) is 6.59. The first-order chi connectivity index (χ1) is 11.8. The topological polar surface area (TPSA) is 47.4 Å². The van der Waals surface area contributed by atoms with E-state index in [2.05, 4.69) is 4.98 Å². The van der Waals surface area contributed by atoms with Crippen LogP contribution in [0.3, 0.4) is 0 Å². The number of imidazole rings is 1. The van der Waals surface area contributed by atoms with E-state index in [1.807, 2.05) is 49.9 Å². The first-order valence-electron chi connectivity index (χ1n) is 8.53. The molecule has 1 aliphatic heterocycles. The van der Waals surface area contributed by atoms with Gasteiger partial charge in [0.15, 0.2) is 0 Å². The number of rotatable bonds is 4. The molecule has 0 radical (unpaired) electrons. The van der Waals surface area contributed by atoms with Crippen LogP contribution in [-0.4, -0.2) is 38.4 Å². The number of carbonyl (C=O) groups is 1. The van der Waals surface area contributed by atoms with E-state index in [0.29, 0.717) is 6.61 Å². The van der Waals surface area contributed by atoms with E-state index in [-0.39, 0.29) is 13.0 Å². The molecule has 1 saturated heterocycles. The van der Waals surface area contributed by atoms with Gasteiger partial charge in [-0.3, -0.25) is 9.47 Å². The van der Waals surface area contributed by atoms with Crippen molar-refractivity contribution in [2.24, 2.45) is 0 Å². The number of halogens is 1. The minimum atomic E-state index is -0.628. The SMILES string of the molecule is CC1(C)CO[C@@](C)(CCCc2ccc(Cl)cc2)N1C(=O)n1ccnc1.[H+]. The summed E-state index contributed by atoms with van der Waals surface area (Å²) in [5.74, 6) is 0. The van der Waals surface area contributed by atoms with Crippen molar-refractivity contribution < 1.29 is 11.0 Å². The quantitative estimate of drug-likeness (QED) is 0.806. The standard InChI is InChI=1S/C19H24ClN3O2/c1-18(2)13-25-19(3,23(18)17(24)22-12-11-21-14-22)10-4-5-15-6-8-16(20)9-7-15/h6-9,11-12,14H,4-5,10,13H2,1-3H3/p+1/t19-/m0/s1. The maximum absolute atomic E-state index is 13.0. The number of amides is 1. The Kier molecular flexibility index (Phi) is 4.89. The average Bonchev–Trinajstić information content (AvgIpc) is 3.16. The van der Waals surface area contributed by atoms with Gasteiger partial charge in [0.05, 0.1) is 12.1 Å². The summed E-state index contributed by atoms with van der Waals surface area (Å²) in [4.78, 5) is 18.8. The Morgan fingerprint density at radius 3 is 2.68 bits per heavy atom. The smallest absolute Gasteiger partial charge is 0.353 e. The molecule has 2 aromatic rings. The minimum absolute atomic E-state index is 0. The number of hydrogen-bond acceptors (Lipinski definition) is 3. The van der Waals surface area contributed by atoms with Crippen LogP contribution < -0.4 is 0 Å². The molecule has 0 bridgehead atoms. The Bertz CT molecular complexity index is 734. The Morgan fingerprint density at radius 2 is 2.04 bits per heavy atom. The lowest BCUT2D eigenvalue weighted by atomic mass is 9.99. The number of carbonyl (C=O) groups excluding carboxylic acids is 1. The van der Waals surface area contributed by atoms with Gasteiger partial charge in [-0.25, -0.2) is 9.78 Å². The molecule has 2 heterocycles. The van der Waals surface area contributed by atoms with E-state index >= 15 is 0 Å². The lowest BCUT2D eigenvalue weighted by molar-refractivity contribution is -0.0587. The molecule has 1 amide bonds. The molecule has 1 atom stereocenters. The Balaban J connectivity index is 0.00000243. The van der Waals surface area contributed by atoms with E-state index < -0.39 is 5.72 Å². The zero-order chi connectivity index (χ0) is 18.1. The van der Waals surface area contributed by atoms with Crippen LogP contribution >= 0.6 is 11.6 Å². The molecule has 1 aromatic carbocycles. The molecule has 134 valence electrons. The second-order valence-electron chi connectivity index (χ2n) is 7.34. The number of nitrogens with zero attached hydrogens (tertiary/aromatic N) is 3. The molecule has 25 heavy (non-hydrogen) atoms. The number of ether oxygens (including phenoxy) is 1. The van der Waals surface area contributed by atoms with Crippen LogP contribution in [0.2, 0.25) is 5.02 Å². The number of aromatic nitrogens is 2. The van der Waals surface area contributed by atoms with Crippen molar-refractivity contribution in [2.75, 3.05) is 6.61 Å². The maximum Gasteiger partial charge on any atom is 1.00 e. The highest BCUT2D eigenvalue weighted by atomic mass is 35.5. The van der Waals surface area contributed by atoms with Gasteiger partial charge < -0.3 is 4.74 Å². The van der Waals surface area contributed by atoms with Crippen molar-refractivity contribution in [3.8, 4) is 0 Å². The van der Waals surface area contributed by atoms with Gasteiger partial charge in [-0.1, -0.05) is 23.7 Å². The van der Waals surface area contributed by atoms with Crippen molar-refractivity contribution in [3.05, 3.63) is 53.6 Å². The largest absolute Gasteiger partial charge is 1.00 e. The summed E-state index contributed by atoms with van der Waals surface area (Å²) in [5.41, 5.74) is 0.242. The van der Waals surface area contributed by atoms with E-state index in [4.69, 9.17) is 16.3 Å². The highest BCUT2D eigenvalue weighted by Gasteiger charge is 2.51. The van der Waals surface area contributed by atoms with Gasteiger partial charge in [-0.15, -0.1) is 0 Å². The Hall–Kier alpha value is -1.85. The van der Waals surface area contributed by atoms with E-state index in [9.17, 15) is 4.79 Å². The second kappa shape index (κ2) is 6.81. The molecule has 0 aliphatic carbocycles. The zero-order valence-electron chi connectivity index (χ0n) is 15.9. The lowest BCUT2D eigenvalue weighted by Crippen LogP contribution is -2.55. The first kappa shape index (κ1) is 18.0. The molecule has 1 fully saturated rings. The van der Waals surface area contributed by atoms with E-state index in [1.54, 1.807) is 12.4 Å². The molecular formula is C19H25ClN3O2+. The fourth-order valence-corrected chi connectivity index (χ4v) is 3.63. The van der Waals surface area contributed by atoms with Crippen LogP contribution in [0.15, 0.2) is 43.0 Å². The van der Waals surface area contributed by atoms with Crippen LogP contribution in [0.25, 0.3) is 0 Å². The van der Waals surface area contributed by atoms with Crippen molar-refractivity contribution >= 4 is 17.6 Å². The third-order valence-corrected chi connectivity index (χ3v) is 5.00. The van der Waals surface area contributed by atoms with Crippen molar-refractivity contribution in [1.82, 2.24) is 14.5 Å². The maximum atomic E-state index is 13.0. The van der Waals surface area contributed by atoms with Gasteiger partial charge in [0, 0.05) is 17.4 Å². The van der Waals surface area contributed by atoms with Crippen molar-refractivity contribution in [2.45, 2.75) is 51.3 Å². The number of benzene rings is 1. The Morgan fingerprint density at radius 1 is 1.32 bits per heavy atom. The third kappa shape index (κ3) is 3.72. The molecule has 1 aliphatic rings. The highest BCUT2D eigenvalue weighted by molar-refractivity contribution is 6.30.